The van der Waals surface area contributed by atoms with Gasteiger partial charge < -0.3 is 19.5 Å². The van der Waals surface area contributed by atoms with Crippen molar-refractivity contribution in [2.24, 2.45) is 0 Å². The third-order valence-electron chi connectivity index (χ3n) is 4.66. The van der Waals surface area contributed by atoms with E-state index in [0.717, 1.165) is 28.4 Å². The number of nitrogens with one attached hydrogen (secondary N) is 3. The molecule has 0 spiro atoms. The molecule has 2 aromatic rings. The zero-order chi connectivity index (χ0) is 19.2. The number of hydrogen-bond acceptors (Lipinski definition) is 6. The molecule has 144 valence electrons. The van der Waals surface area contributed by atoms with E-state index in [0.29, 0.717) is 13.0 Å². The minimum absolute atomic E-state index is 0.0254. The molecule has 1 aliphatic heterocycles. The van der Waals surface area contributed by atoms with E-state index < -0.39 is 0 Å². The second kappa shape index (κ2) is 8.75. The van der Waals surface area contributed by atoms with E-state index in [1.807, 2.05) is 42.5 Å². The minimum atomic E-state index is -0.319. The third kappa shape index (κ3) is 4.50. The maximum Gasteiger partial charge on any atom is 0.238 e. The molecule has 7 heteroatoms. The topological polar surface area (TPSA) is 80.9 Å². The summed E-state index contributed by atoms with van der Waals surface area (Å²) in [5, 5.41) is 2.96. The van der Waals surface area contributed by atoms with Gasteiger partial charge in [-0.05, 0) is 30.2 Å². The van der Waals surface area contributed by atoms with E-state index >= 15 is 0 Å². The molecule has 0 bridgehead atoms. The number of methoxy groups -OCH3 is 3. The molecule has 0 radical (unpaired) electrons. The first kappa shape index (κ1) is 19.0. The van der Waals surface area contributed by atoms with Gasteiger partial charge in [-0.3, -0.25) is 4.79 Å². The third-order valence-corrected chi connectivity index (χ3v) is 4.66. The van der Waals surface area contributed by atoms with Crippen molar-refractivity contribution in [2.45, 2.75) is 25.0 Å². The van der Waals surface area contributed by atoms with Gasteiger partial charge in [0.15, 0.2) is 0 Å². The Labute approximate surface area is 159 Å². The fourth-order valence-electron chi connectivity index (χ4n) is 3.09. The molecule has 1 fully saturated rings. The molecule has 1 heterocycles. The van der Waals surface area contributed by atoms with Crippen LogP contribution < -0.4 is 30.4 Å². The maximum absolute atomic E-state index is 12.5. The molecule has 27 heavy (non-hydrogen) atoms. The van der Waals surface area contributed by atoms with Crippen LogP contribution in [0.5, 0.6) is 17.2 Å². The molecule has 1 saturated heterocycles. The second-order valence-electron chi connectivity index (χ2n) is 6.30. The molecule has 7 nitrogen and oxygen atoms in total. The number of ether oxygens (including phenoxy) is 3. The van der Waals surface area contributed by atoms with E-state index in [-0.39, 0.29) is 18.0 Å². The molecule has 2 unspecified atom stereocenters. The largest absolute Gasteiger partial charge is 0.497 e. The van der Waals surface area contributed by atoms with Crippen molar-refractivity contribution < 1.29 is 19.0 Å². The summed E-state index contributed by atoms with van der Waals surface area (Å²) in [6.07, 6.45) is 0.622. The summed E-state index contributed by atoms with van der Waals surface area (Å²) in [6.45, 7) is 0.470. The standard InChI is InChI=1S/C20H25N3O4/c1-25-14-6-4-13(5-7-14)12-21-20(24)18-11-17(22-23-18)16-9-8-15(26-2)10-19(16)27-3/h4-10,17-18,22-23H,11-12H2,1-3H3,(H,21,24). The van der Waals surface area contributed by atoms with Crippen molar-refractivity contribution in [2.75, 3.05) is 21.3 Å². The Hall–Kier alpha value is -2.77. The predicted molar refractivity (Wildman–Crippen MR) is 102 cm³/mol. The van der Waals surface area contributed by atoms with Gasteiger partial charge in [-0.1, -0.05) is 18.2 Å². The van der Waals surface area contributed by atoms with Crippen molar-refractivity contribution in [1.29, 1.82) is 0 Å². The van der Waals surface area contributed by atoms with Crippen LogP contribution in [-0.4, -0.2) is 33.3 Å². The summed E-state index contributed by atoms with van der Waals surface area (Å²) in [4.78, 5) is 12.5. The first-order valence-corrected chi connectivity index (χ1v) is 8.78. The van der Waals surface area contributed by atoms with Gasteiger partial charge in [-0.15, -0.1) is 0 Å². The zero-order valence-electron chi connectivity index (χ0n) is 15.7. The highest BCUT2D eigenvalue weighted by atomic mass is 16.5. The molecule has 3 N–H and O–H groups in total. The molecular formula is C20H25N3O4. The van der Waals surface area contributed by atoms with Crippen LogP contribution in [-0.2, 0) is 11.3 Å². The Balaban J connectivity index is 1.57. The quantitative estimate of drug-likeness (QED) is 0.690. The normalized spacial score (nSPS) is 18.8. The number of benzene rings is 2. The Morgan fingerprint density at radius 2 is 1.70 bits per heavy atom. The average Bonchev–Trinajstić information content (AvgIpc) is 3.22. The molecule has 0 aliphatic carbocycles. The van der Waals surface area contributed by atoms with Crippen LogP contribution in [0.3, 0.4) is 0 Å². The van der Waals surface area contributed by atoms with Crippen LogP contribution in [0, 0.1) is 0 Å². The lowest BCUT2D eigenvalue weighted by atomic mass is 10.0. The number of carbonyl (C=O) groups is 1. The maximum atomic E-state index is 12.5. The lowest BCUT2D eigenvalue weighted by Crippen LogP contribution is -2.42. The molecular weight excluding hydrogens is 346 g/mol. The van der Waals surface area contributed by atoms with Gasteiger partial charge in [0, 0.05) is 18.2 Å². The number of rotatable bonds is 7. The molecule has 1 amide bonds. The van der Waals surface area contributed by atoms with Crippen LogP contribution in [0.2, 0.25) is 0 Å². The Morgan fingerprint density at radius 3 is 2.37 bits per heavy atom. The highest BCUT2D eigenvalue weighted by Gasteiger charge is 2.31. The molecule has 2 aromatic carbocycles. The van der Waals surface area contributed by atoms with Gasteiger partial charge in [-0.25, -0.2) is 10.9 Å². The molecule has 0 aromatic heterocycles. The fraction of sp³-hybridized carbons (Fsp3) is 0.350. The van der Waals surface area contributed by atoms with Crippen LogP contribution in [0.25, 0.3) is 0 Å². The van der Waals surface area contributed by atoms with Crippen molar-refractivity contribution >= 4 is 5.91 Å². The van der Waals surface area contributed by atoms with E-state index in [1.165, 1.54) is 0 Å². The predicted octanol–water partition coefficient (Wildman–Crippen LogP) is 1.94. The van der Waals surface area contributed by atoms with Crippen molar-refractivity contribution in [3.8, 4) is 17.2 Å². The monoisotopic (exact) mass is 371 g/mol. The fourth-order valence-corrected chi connectivity index (χ4v) is 3.09. The molecule has 1 aliphatic rings. The van der Waals surface area contributed by atoms with Gasteiger partial charge in [-0.2, -0.15) is 0 Å². The summed E-state index contributed by atoms with van der Waals surface area (Å²) < 4.78 is 15.8. The van der Waals surface area contributed by atoms with Crippen LogP contribution in [0.15, 0.2) is 42.5 Å². The number of hydrogen-bond donors (Lipinski definition) is 3. The number of carbonyl (C=O) groups excluding carboxylic acids is 1. The zero-order valence-corrected chi connectivity index (χ0v) is 15.7. The SMILES string of the molecule is COc1ccc(CNC(=O)C2CC(c3ccc(OC)cc3OC)NN2)cc1. The van der Waals surface area contributed by atoms with Gasteiger partial charge in [0.2, 0.25) is 5.91 Å². The summed E-state index contributed by atoms with van der Waals surface area (Å²) in [7, 11) is 4.87. The van der Waals surface area contributed by atoms with Crippen molar-refractivity contribution in [1.82, 2.24) is 16.2 Å². The van der Waals surface area contributed by atoms with E-state index in [2.05, 4.69) is 16.2 Å². The second-order valence-corrected chi connectivity index (χ2v) is 6.30. The Kier molecular flexibility index (Phi) is 6.16. The van der Waals surface area contributed by atoms with Gasteiger partial charge in [0.1, 0.15) is 23.3 Å². The van der Waals surface area contributed by atoms with Crippen LogP contribution in [0.1, 0.15) is 23.6 Å². The summed E-state index contributed by atoms with van der Waals surface area (Å²) in [6, 6.07) is 13.0. The van der Waals surface area contributed by atoms with Crippen molar-refractivity contribution in [3.63, 3.8) is 0 Å². The van der Waals surface area contributed by atoms with Gasteiger partial charge in [0.05, 0.1) is 27.4 Å². The minimum Gasteiger partial charge on any atom is -0.497 e. The summed E-state index contributed by atoms with van der Waals surface area (Å²) >= 11 is 0. The van der Waals surface area contributed by atoms with E-state index in [1.54, 1.807) is 21.3 Å². The highest BCUT2D eigenvalue weighted by Crippen LogP contribution is 2.33. The van der Waals surface area contributed by atoms with E-state index in [9.17, 15) is 4.79 Å². The first-order chi connectivity index (χ1) is 13.1. The van der Waals surface area contributed by atoms with E-state index in [4.69, 9.17) is 14.2 Å². The van der Waals surface area contributed by atoms with Crippen LogP contribution >= 0.6 is 0 Å². The number of amides is 1. The highest BCUT2D eigenvalue weighted by molar-refractivity contribution is 5.82. The lowest BCUT2D eigenvalue weighted by Gasteiger charge is -2.15. The van der Waals surface area contributed by atoms with Crippen molar-refractivity contribution in [3.05, 3.63) is 53.6 Å². The van der Waals surface area contributed by atoms with Gasteiger partial charge >= 0.3 is 0 Å². The first-order valence-electron chi connectivity index (χ1n) is 8.78. The summed E-state index contributed by atoms with van der Waals surface area (Å²) in [5.41, 5.74) is 8.25. The summed E-state index contributed by atoms with van der Waals surface area (Å²) in [5.74, 6) is 2.21. The molecule has 3 rings (SSSR count). The molecule has 0 saturated carbocycles. The Morgan fingerprint density at radius 1 is 1.00 bits per heavy atom. The molecule has 2 atom stereocenters. The Bertz CT molecular complexity index is 779. The average molecular weight is 371 g/mol. The van der Waals surface area contributed by atoms with Gasteiger partial charge in [0.25, 0.3) is 0 Å². The lowest BCUT2D eigenvalue weighted by molar-refractivity contribution is -0.123. The number of hydrazine groups is 1. The van der Waals surface area contributed by atoms with Crippen LogP contribution in [0.4, 0.5) is 0 Å². The smallest absolute Gasteiger partial charge is 0.238 e.